The van der Waals surface area contributed by atoms with Crippen molar-refractivity contribution in [3.05, 3.63) is 98.8 Å². The summed E-state index contributed by atoms with van der Waals surface area (Å²) in [5, 5.41) is 9.38. The lowest BCUT2D eigenvalue weighted by Gasteiger charge is -2.17. The Hall–Kier alpha value is -3.63. The number of alkyl halides is 6. The molecule has 4 aromatic rings. The molecule has 13 heteroatoms. The van der Waals surface area contributed by atoms with Gasteiger partial charge in [-0.2, -0.15) is 31.6 Å². The molecule has 0 atom stereocenters. The van der Waals surface area contributed by atoms with Gasteiger partial charge in [-0.15, -0.1) is 23.1 Å². The highest BCUT2D eigenvalue weighted by Gasteiger charge is 2.37. The van der Waals surface area contributed by atoms with Crippen molar-refractivity contribution < 1.29 is 35.1 Å². The molecule has 0 N–H and O–H groups in total. The summed E-state index contributed by atoms with van der Waals surface area (Å²) in [5.74, 6) is -1.38. The van der Waals surface area contributed by atoms with E-state index < -0.39 is 52.8 Å². The van der Waals surface area contributed by atoms with Gasteiger partial charge in [-0.25, -0.2) is 8.78 Å². The zero-order valence-electron chi connectivity index (χ0n) is 21.7. The smallest absolute Gasteiger partial charge is 0.302 e. The number of rotatable bonds is 8. The second kappa shape index (κ2) is 12.3. The van der Waals surface area contributed by atoms with Gasteiger partial charge in [0.15, 0.2) is 0 Å². The first-order valence-electron chi connectivity index (χ1n) is 12.4. The first-order chi connectivity index (χ1) is 19.7. The summed E-state index contributed by atoms with van der Waals surface area (Å²) in [5.41, 5.74) is -5.36. The van der Waals surface area contributed by atoms with Crippen molar-refractivity contribution in [3.63, 3.8) is 0 Å². The molecule has 0 aliphatic heterocycles. The highest BCUT2D eigenvalue weighted by atomic mass is 32.2. The minimum Gasteiger partial charge on any atom is -0.302 e. The van der Waals surface area contributed by atoms with Crippen LogP contribution < -0.4 is 5.56 Å². The van der Waals surface area contributed by atoms with Crippen LogP contribution in [0.1, 0.15) is 42.0 Å². The predicted octanol–water partition coefficient (Wildman–Crippen LogP) is 9.37. The summed E-state index contributed by atoms with van der Waals surface area (Å²) in [6, 6.07) is 10.6. The zero-order valence-corrected chi connectivity index (χ0v) is 23.3. The Morgan fingerprint density at radius 2 is 1.64 bits per heavy atom. The van der Waals surface area contributed by atoms with E-state index >= 15 is 0 Å². The van der Waals surface area contributed by atoms with Crippen LogP contribution in [-0.2, 0) is 18.9 Å². The Kier molecular flexibility index (Phi) is 9.18. The molecule has 3 nitrogen and oxygen atoms in total. The molecule has 0 bridgehead atoms. The van der Waals surface area contributed by atoms with E-state index in [1.165, 1.54) is 30.0 Å². The highest BCUT2D eigenvalue weighted by molar-refractivity contribution is 7.99. The molecule has 2 aromatic heterocycles. The van der Waals surface area contributed by atoms with Gasteiger partial charge in [0.25, 0.3) is 5.56 Å². The molecule has 0 aliphatic carbocycles. The fourth-order valence-corrected chi connectivity index (χ4v) is 6.22. The summed E-state index contributed by atoms with van der Waals surface area (Å²) < 4.78 is 111. The van der Waals surface area contributed by atoms with Gasteiger partial charge in [0.05, 0.1) is 28.2 Å². The quantitative estimate of drug-likeness (QED) is 0.111. The van der Waals surface area contributed by atoms with Crippen molar-refractivity contribution in [1.82, 2.24) is 4.57 Å². The molecule has 0 saturated carbocycles. The maximum Gasteiger partial charge on any atom is 0.417 e. The summed E-state index contributed by atoms with van der Waals surface area (Å²) in [7, 11) is 0. The number of benzene rings is 2. The van der Waals surface area contributed by atoms with Crippen LogP contribution in [0, 0.1) is 23.0 Å². The van der Waals surface area contributed by atoms with Gasteiger partial charge in [0.1, 0.15) is 23.3 Å². The van der Waals surface area contributed by atoms with E-state index in [0.29, 0.717) is 22.8 Å². The second-order valence-corrected chi connectivity index (χ2v) is 11.4. The molecule has 4 rings (SSSR count). The number of thioether (sulfide) groups is 1. The van der Waals surface area contributed by atoms with Gasteiger partial charge in [-0.3, -0.25) is 4.79 Å². The van der Waals surface area contributed by atoms with E-state index in [0.717, 1.165) is 53.0 Å². The van der Waals surface area contributed by atoms with Gasteiger partial charge >= 0.3 is 12.4 Å². The number of hydrogen-bond acceptors (Lipinski definition) is 4. The third-order valence-electron chi connectivity index (χ3n) is 6.20. The number of halogens is 8. The molecular weight excluding hydrogens is 608 g/mol. The van der Waals surface area contributed by atoms with Crippen molar-refractivity contribution in [2.24, 2.45) is 0 Å². The number of nitrogens with zero attached hydrogens (tertiary/aromatic N) is 2. The minimum absolute atomic E-state index is 0.0530. The topological polar surface area (TPSA) is 45.8 Å². The average molecular weight is 629 g/mol. The number of unbranched alkanes of at least 4 members (excludes halogenated alkanes) is 1. The van der Waals surface area contributed by atoms with Gasteiger partial charge in [-0.05, 0) is 60.2 Å². The van der Waals surface area contributed by atoms with Gasteiger partial charge in [0, 0.05) is 21.4 Å². The van der Waals surface area contributed by atoms with Crippen LogP contribution in [0.3, 0.4) is 0 Å². The molecule has 0 fully saturated rings. The van der Waals surface area contributed by atoms with Crippen molar-refractivity contribution in [1.29, 1.82) is 5.26 Å². The average Bonchev–Trinajstić information content (AvgIpc) is 3.40. The minimum atomic E-state index is -5.09. The predicted molar refractivity (Wildman–Crippen MR) is 145 cm³/mol. The molecule has 2 heterocycles. The highest BCUT2D eigenvalue weighted by Crippen LogP contribution is 2.41. The van der Waals surface area contributed by atoms with E-state index in [1.807, 2.05) is 6.92 Å². The van der Waals surface area contributed by atoms with Gasteiger partial charge < -0.3 is 4.57 Å². The molecule has 0 aliphatic rings. The van der Waals surface area contributed by atoms with Gasteiger partial charge in [0.2, 0.25) is 0 Å². The number of aromatic nitrogens is 1. The first kappa shape index (κ1) is 31.3. The number of pyridine rings is 1. The van der Waals surface area contributed by atoms with Crippen LogP contribution >= 0.6 is 23.1 Å². The maximum atomic E-state index is 14.5. The van der Waals surface area contributed by atoms with Crippen LogP contribution in [0.25, 0.3) is 21.0 Å². The monoisotopic (exact) mass is 628 g/mol. The Bertz CT molecular complexity index is 1710. The molecular formula is C29H20F8N2OS2. The lowest BCUT2D eigenvalue weighted by molar-refractivity contribution is -0.138. The summed E-state index contributed by atoms with van der Waals surface area (Å²) in [4.78, 5) is 13.9. The summed E-state index contributed by atoms with van der Waals surface area (Å²) in [6.45, 7) is 1.31. The lowest BCUT2D eigenvalue weighted by atomic mass is 10.1. The van der Waals surface area contributed by atoms with Crippen LogP contribution in [0.2, 0.25) is 0 Å². The lowest BCUT2D eigenvalue weighted by Crippen LogP contribution is -2.28. The molecule has 0 unspecified atom stereocenters. The normalized spacial score (nSPS) is 12.0. The Morgan fingerprint density at radius 3 is 2.26 bits per heavy atom. The standard InChI is InChI=1S/C29H20F8N2OS2/c1-2-3-8-41-20-10-17(9-18(11-20)28(32,33)34)25-6-7-26(42-25)24-13-22(29(35,36)37)21(14-38)27(40)39(24)15-16-4-5-19(30)12-23(16)31/h4-7,9-13H,2-3,8,15H2,1H3. The third-order valence-corrected chi connectivity index (χ3v) is 8.42. The molecule has 0 amide bonds. The van der Waals surface area contributed by atoms with Crippen molar-refractivity contribution >= 4 is 23.1 Å². The van der Waals surface area contributed by atoms with E-state index in [4.69, 9.17) is 0 Å². The Labute approximate surface area is 243 Å². The van der Waals surface area contributed by atoms with Crippen LogP contribution in [0.4, 0.5) is 35.1 Å². The van der Waals surface area contributed by atoms with Crippen LogP contribution in [-0.4, -0.2) is 10.3 Å². The molecule has 220 valence electrons. The summed E-state index contributed by atoms with van der Waals surface area (Å²) in [6.07, 6.45) is -8.11. The maximum absolute atomic E-state index is 14.5. The molecule has 42 heavy (non-hydrogen) atoms. The fourth-order valence-electron chi connectivity index (χ4n) is 4.11. The largest absolute Gasteiger partial charge is 0.417 e. The van der Waals surface area contributed by atoms with Crippen LogP contribution in [0.5, 0.6) is 0 Å². The first-order valence-corrected chi connectivity index (χ1v) is 14.2. The number of hydrogen-bond donors (Lipinski definition) is 0. The van der Waals surface area contributed by atoms with E-state index in [2.05, 4.69) is 0 Å². The molecule has 0 radical (unpaired) electrons. The fraction of sp³-hybridized carbons (Fsp3) is 0.241. The van der Waals surface area contributed by atoms with Gasteiger partial charge in [-0.1, -0.05) is 19.4 Å². The van der Waals surface area contributed by atoms with Crippen molar-refractivity contribution in [3.8, 4) is 27.1 Å². The molecule has 0 saturated heterocycles. The summed E-state index contributed by atoms with van der Waals surface area (Å²) >= 11 is 2.07. The Balaban J connectivity index is 1.89. The molecule has 2 aromatic carbocycles. The second-order valence-electron chi connectivity index (χ2n) is 9.16. The number of nitriles is 1. The van der Waals surface area contributed by atoms with E-state index in [-0.39, 0.29) is 26.6 Å². The Morgan fingerprint density at radius 1 is 0.929 bits per heavy atom. The van der Waals surface area contributed by atoms with E-state index in [9.17, 15) is 45.2 Å². The van der Waals surface area contributed by atoms with Crippen LogP contribution in [0.15, 0.2) is 64.3 Å². The molecule has 0 spiro atoms. The number of thiophene rings is 1. The third kappa shape index (κ3) is 6.87. The van der Waals surface area contributed by atoms with Crippen molar-refractivity contribution in [2.45, 2.75) is 43.6 Å². The zero-order chi connectivity index (χ0) is 30.8. The van der Waals surface area contributed by atoms with Crippen molar-refractivity contribution in [2.75, 3.05) is 5.75 Å². The van der Waals surface area contributed by atoms with E-state index in [1.54, 1.807) is 6.07 Å². The SMILES string of the molecule is CCCCSc1cc(-c2ccc(-c3cc(C(F)(F)F)c(C#N)c(=O)n3Cc3ccc(F)cc3F)s2)cc(C(F)(F)F)c1.